The van der Waals surface area contributed by atoms with E-state index in [9.17, 15) is 4.39 Å². The van der Waals surface area contributed by atoms with E-state index in [0.29, 0.717) is 6.54 Å². The highest BCUT2D eigenvalue weighted by Gasteiger charge is 2.01. The van der Waals surface area contributed by atoms with Crippen molar-refractivity contribution in [2.24, 2.45) is 0 Å². The van der Waals surface area contributed by atoms with Crippen molar-refractivity contribution in [1.29, 1.82) is 0 Å². The average molecular weight is 244 g/mol. The molecule has 0 aliphatic heterocycles. The molecule has 6 heteroatoms. The predicted molar refractivity (Wildman–Crippen MR) is 58.6 cm³/mol. The first-order chi connectivity index (χ1) is 7.25. The number of rotatable bonds is 3. The molecule has 0 unspecified atom stereocenters. The lowest BCUT2D eigenvalue weighted by atomic mass is 10.3. The van der Waals surface area contributed by atoms with Gasteiger partial charge in [-0.15, -0.1) is 5.10 Å². The van der Waals surface area contributed by atoms with Gasteiger partial charge in [0.2, 0.25) is 0 Å². The number of halogens is 2. The third-order valence-electron chi connectivity index (χ3n) is 1.80. The second kappa shape index (κ2) is 4.55. The minimum absolute atomic E-state index is 0.108. The highest BCUT2D eigenvalue weighted by Crippen LogP contribution is 2.19. The van der Waals surface area contributed by atoms with Gasteiger partial charge in [-0.05, 0) is 29.7 Å². The van der Waals surface area contributed by atoms with E-state index in [-0.39, 0.29) is 5.02 Å². The Morgan fingerprint density at radius 3 is 3.00 bits per heavy atom. The van der Waals surface area contributed by atoms with E-state index >= 15 is 0 Å². The molecule has 0 aliphatic carbocycles. The number of aromatic nitrogens is 2. The molecule has 78 valence electrons. The van der Waals surface area contributed by atoms with E-state index < -0.39 is 5.82 Å². The zero-order chi connectivity index (χ0) is 10.7. The summed E-state index contributed by atoms with van der Waals surface area (Å²) in [5, 5.41) is 8.89. The van der Waals surface area contributed by atoms with E-state index in [1.807, 2.05) is 5.38 Å². The SMILES string of the molecule is Fc1ccc(NCc2csnn2)cc1Cl. The maximum absolute atomic E-state index is 12.8. The van der Waals surface area contributed by atoms with Crippen LogP contribution in [0.15, 0.2) is 23.6 Å². The van der Waals surface area contributed by atoms with Gasteiger partial charge >= 0.3 is 0 Å². The summed E-state index contributed by atoms with van der Waals surface area (Å²) in [7, 11) is 0. The van der Waals surface area contributed by atoms with Crippen molar-refractivity contribution in [1.82, 2.24) is 9.59 Å². The molecule has 0 atom stereocenters. The van der Waals surface area contributed by atoms with E-state index in [4.69, 9.17) is 11.6 Å². The minimum Gasteiger partial charge on any atom is -0.379 e. The van der Waals surface area contributed by atoms with Crippen LogP contribution in [0, 0.1) is 5.82 Å². The summed E-state index contributed by atoms with van der Waals surface area (Å²) in [5.74, 6) is -0.419. The van der Waals surface area contributed by atoms with Crippen LogP contribution in [0.1, 0.15) is 5.69 Å². The van der Waals surface area contributed by atoms with Crippen molar-refractivity contribution in [2.45, 2.75) is 6.54 Å². The van der Waals surface area contributed by atoms with Crippen molar-refractivity contribution in [3.05, 3.63) is 40.1 Å². The molecule has 0 aliphatic rings. The maximum Gasteiger partial charge on any atom is 0.141 e. The topological polar surface area (TPSA) is 37.8 Å². The molecular weight excluding hydrogens is 237 g/mol. The fourth-order valence-corrected chi connectivity index (χ4v) is 1.69. The zero-order valence-corrected chi connectivity index (χ0v) is 9.15. The summed E-state index contributed by atoms with van der Waals surface area (Å²) in [5.41, 5.74) is 1.61. The number of anilines is 1. The van der Waals surface area contributed by atoms with Gasteiger partial charge in [0.05, 0.1) is 17.3 Å². The van der Waals surface area contributed by atoms with Crippen LogP contribution in [0.3, 0.4) is 0 Å². The minimum atomic E-state index is -0.419. The van der Waals surface area contributed by atoms with Gasteiger partial charge in [0.1, 0.15) is 5.82 Å². The Balaban J connectivity index is 2.02. The van der Waals surface area contributed by atoms with Crippen LogP contribution >= 0.6 is 23.1 Å². The number of nitrogens with one attached hydrogen (secondary N) is 1. The summed E-state index contributed by atoms with van der Waals surface area (Å²) in [6, 6.07) is 4.49. The predicted octanol–water partition coefficient (Wildman–Crippen LogP) is 2.94. The molecule has 0 saturated heterocycles. The Morgan fingerprint density at radius 2 is 2.33 bits per heavy atom. The van der Waals surface area contributed by atoms with Crippen molar-refractivity contribution >= 4 is 28.8 Å². The smallest absolute Gasteiger partial charge is 0.141 e. The Bertz CT molecular complexity index is 447. The fourth-order valence-electron chi connectivity index (χ4n) is 1.06. The largest absolute Gasteiger partial charge is 0.379 e. The quantitative estimate of drug-likeness (QED) is 0.901. The molecule has 2 rings (SSSR count). The van der Waals surface area contributed by atoms with Crippen molar-refractivity contribution in [3.63, 3.8) is 0 Å². The Kier molecular flexibility index (Phi) is 3.13. The molecule has 3 nitrogen and oxygen atoms in total. The number of benzene rings is 1. The molecule has 1 aromatic carbocycles. The van der Waals surface area contributed by atoms with Crippen LogP contribution in [0.4, 0.5) is 10.1 Å². The van der Waals surface area contributed by atoms with E-state index in [1.165, 1.54) is 23.7 Å². The molecule has 1 N–H and O–H groups in total. The maximum atomic E-state index is 12.8. The fraction of sp³-hybridized carbons (Fsp3) is 0.111. The molecule has 0 radical (unpaired) electrons. The lowest BCUT2D eigenvalue weighted by Gasteiger charge is -2.04. The van der Waals surface area contributed by atoms with Gasteiger partial charge in [0, 0.05) is 11.1 Å². The first-order valence-electron chi connectivity index (χ1n) is 4.20. The molecule has 1 heterocycles. The standard InChI is InChI=1S/C9H7ClFN3S/c10-8-3-6(1-2-9(8)11)12-4-7-5-15-14-13-7/h1-3,5,12H,4H2. The van der Waals surface area contributed by atoms with Crippen molar-refractivity contribution < 1.29 is 4.39 Å². The zero-order valence-electron chi connectivity index (χ0n) is 7.58. The van der Waals surface area contributed by atoms with Gasteiger partial charge in [0.25, 0.3) is 0 Å². The van der Waals surface area contributed by atoms with Gasteiger partial charge < -0.3 is 5.32 Å². The molecule has 1 aromatic heterocycles. The number of hydrogen-bond acceptors (Lipinski definition) is 4. The summed E-state index contributed by atoms with van der Waals surface area (Å²) < 4.78 is 16.6. The van der Waals surface area contributed by atoms with Gasteiger partial charge in [-0.25, -0.2) is 4.39 Å². The number of nitrogens with zero attached hydrogens (tertiary/aromatic N) is 2. The van der Waals surface area contributed by atoms with Gasteiger partial charge in [0.15, 0.2) is 0 Å². The summed E-state index contributed by atoms with van der Waals surface area (Å²) in [6.07, 6.45) is 0. The monoisotopic (exact) mass is 243 g/mol. The lowest BCUT2D eigenvalue weighted by Crippen LogP contribution is -1.99. The highest BCUT2D eigenvalue weighted by molar-refractivity contribution is 7.03. The summed E-state index contributed by atoms with van der Waals surface area (Å²) >= 11 is 6.93. The molecule has 0 fully saturated rings. The van der Waals surface area contributed by atoms with Crippen LogP contribution in [0.25, 0.3) is 0 Å². The van der Waals surface area contributed by atoms with Crippen LogP contribution < -0.4 is 5.32 Å². The summed E-state index contributed by atoms with van der Waals surface area (Å²) in [4.78, 5) is 0. The van der Waals surface area contributed by atoms with Gasteiger partial charge in [-0.3, -0.25) is 0 Å². The van der Waals surface area contributed by atoms with Gasteiger partial charge in [-0.1, -0.05) is 16.1 Å². The Morgan fingerprint density at radius 1 is 1.47 bits per heavy atom. The first-order valence-corrected chi connectivity index (χ1v) is 5.42. The van der Waals surface area contributed by atoms with Crippen molar-refractivity contribution in [3.8, 4) is 0 Å². The van der Waals surface area contributed by atoms with E-state index in [1.54, 1.807) is 6.07 Å². The van der Waals surface area contributed by atoms with Crippen LogP contribution in [0.5, 0.6) is 0 Å². The lowest BCUT2D eigenvalue weighted by molar-refractivity contribution is 0.628. The van der Waals surface area contributed by atoms with Crippen LogP contribution in [0.2, 0.25) is 5.02 Å². The molecular formula is C9H7ClFN3S. The molecule has 0 saturated carbocycles. The van der Waals surface area contributed by atoms with Crippen LogP contribution in [-0.2, 0) is 6.54 Å². The Hall–Kier alpha value is -1.20. The molecule has 0 spiro atoms. The normalized spacial score (nSPS) is 10.3. The van der Waals surface area contributed by atoms with E-state index in [2.05, 4.69) is 14.9 Å². The van der Waals surface area contributed by atoms with Gasteiger partial charge in [-0.2, -0.15) is 0 Å². The summed E-state index contributed by atoms with van der Waals surface area (Å²) in [6.45, 7) is 0.554. The molecule has 2 aromatic rings. The Labute approximate surface area is 95.1 Å². The second-order valence-electron chi connectivity index (χ2n) is 2.88. The number of hydrogen-bond donors (Lipinski definition) is 1. The van der Waals surface area contributed by atoms with E-state index in [0.717, 1.165) is 11.4 Å². The molecule has 0 amide bonds. The highest BCUT2D eigenvalue weighted by atomic mass is 35.5. The van der Waals surface area contributed by atoms with Crippen molar-refractivity contribution in [2.75, 3.05) is 5.32 Å². The van der Waals surface area contributed by atoms with Crippen LogP contribution in [-0.4, -0.2) is 9.59 Å². The average Bonchev–Trinajstić information content (AvgIpc) is 2.73. The molecule has 0 bridgehead atoms. The molecule has 15 heavy (non-hydrogen) atoms. The second-order valence-corrected chi connectivity index (χ2v) is 3.90. The third-order valence-corrected chi connectivity index (χ3v) is 2.64. The third kappa shape index (κ3) is 2.64. The first kappa shape index (κ1) is 10.3.